The summed E-state index contributed by atoms with van der Waals surface area (Å²) >= 11 is 1.32. The van der Waals surface area contributed by atoms with Crippen LogP contribution in [0.25, 0.3) is 16.8 Å². The summed E-state index contributed by atoms with van der Waals surface area (Å²) in [6.07, 6.45) is 2.42. The fraction of sp³-hybridized carbons (Fsp3) is 0.207. The molecule has 1 atom stereocenters. The molecule has 0 spiro atoms. The first-order chi connectivity index (χ1) is 17.6. The number of aromatic nitrogens is 1. The number of hydrogen-bond acceptors (Lipinski definition) is 6. The van der Waals surface area contributed by atoms with E-state index in [4.69, 9.17) is 14.5 Å². The average molecular weight is 499 g/mol. The van der Waals surface area contributed by atoms with E-state index in [9.17, 15) is 9.59 Å². The third-order valence-electron chi connectivity index (χ3n) is 6.27. The van der Waals surface area contributed by atoms with Crippen LogP contribution in [0, 0.1) is 0 Å². The molecule has 0 radical (unpaired) electrons. The van der Waals surface area contributed by atoms with Gasteiger partial charge in [0.15, 0.2) is 4.80 Å². The topological polar surface area (TPSA) is 69.9 Å². The number of rotatable bonds is 6. The molecule has 7 heteroatoms. The molecule has 0 saturated heterocycles. The van der Waals surface area contributed by atoms with Crippen LogP contribution in [-0.4, -0.2) is 24.3 Å². The molecule has 0 unspecified atom stereocenters. The molecule has 1 aliphatic rings. The number of fused-ring (bicyclic) bond motifs is 2. The molecule has 182 valence electrons. The van der Waals surface area contributed by atoms with E-state index >= 15 is 0 Å². The van der Waals surface area contributed by atoms with Gasteiger partial charge in [-0.2, -0.15) is 0 Å². The zero-order valence-corrected chi connectivity index (χ0v) is 21.2. The second-order valence-electron chi connectivity index (χ2n) is 8.33. The van der Waals surface area contributed by atoms with Gasteiger partial charge in [0.2, 0.25) is 0 Å². The van der Waals surface area contributed by atoms with Gasteiger partial charge in [-0.15, -0.1) is 0 Å². The Balaban J connectivity index is 1.81. The summed E-state index contributed by atoms with van der Waals surface area (Å²) in [5.41, 5.74) is 2.49. The smallest absolute Gasteiger partial charge is 0.338 e. The van der Waals surface area contributed by atoms with Crippen LogP contribution < -0.4 is 19.6 Å². The first-order valence-electron chi connectivity index (χ1n) is 11.9. The van der Waals surface area contributed by atoms with E-state index in [2.05, 4.69) is 0 Å². The molecule has 0 N–H and O–H groups in total. The number of ether oxygens (including phenoxy) is 2. The maximum atomic E-state index is 13.9. The highest BCUT2D eigenvalue weighted by molar-refractivity contribution is 7.07. The average Bonchev–Trinajstić information content (AvgIpc) is 3.23. The third kappa shape index (κ3) is 4.05. The lowest BCUT2D eigenvalue weighted by atomic mass is 9.95. The maximum absolute atomic E-state index is 13.9. The van der Waals surface area contributed by atoms with Crippen molar-refractivity contribution < 1.29 is 14.3 Å². The van der Waals surface area contributed by atoms with Crippen LogP contribution in [0.2, 0.25) is 0 Å². The summed E-state index contributed by atoms with van der Waals surface area (Å²) in [6.45, 7) is 4.40. The molecule has 3 aromatic carbocycles. The Bertz CT molecular complexity index is 1670. The van der Waals surface area contributed by atoms with Crippen molar-refractivity contribution in [2.75, 3.05) is 13.7 Å². The van der Waals surface area contributed by atoms with Crippen molar-refractivity contribution in [2.45, 2.75) is 26.3 Å². The predicted octanol–water partition coefficient (Wildman–Crippen LogP) is 4.35. The molecule has 0 fully saturated rings. The van der Waals surface area contributed by atoms with E-state index in [0.717, 1.165) is 21.9 Å². The number of hydrogen-bond donors (Lipinski definition) is 0. The first kappa shape index (κ1) is 23.8. The third-order valence-corrected chi connectivity index (χ3v) is 7.25. The van der Waals surface area contributed by atoms with Crippen LogP contribution in [-0.2, 0) is 9.53 Å². The maximum Gasteiger partial charge on any atom is 0.338 e. The van der Waals surface area contributed by atoms with Crippen molar-refractivity contribution in [3.05, 3.63) is 109 Å². The van der Waals surface area contributed by atoms with Gasteiger partial charge in [-0.25, -0.2) is 9.79 Å². The summed E-state index contributed by atoms with van der Waals surface area (Å²) in [5.74, 6) is 0.234. The lowest BCUT2D eigenvalue weighted by molar-refractivity contribution is -0.136. The number of carbonyl (C=O) groups excluding carboxylic acids is 1. The molecule has 4 aromatic rings. The molecule has 6 nitrogen and oxygen atoms in total. The highest BCUT2D eigenvalue weighted by Gasteiger charge is 2.33. The Morgan fingerprint density at radius 2 is 1.81 bits per heavy atom. The molecule has 1 aliphatic heterocycles. The number of benzene rings is 3. The number of nitrogens with zero attached hydrogens (tertiary/aromatic N) is 2. The van der Waals surface area contributed by atoms with E-state index in [1.807, 2.05) is 86.7 Å². The quantitative estimate of drug-likeness (QED) is 0.371. The Morgan fingerprint density at radius 1 is 1.06 bits per heavy atom. The van der Waals surface area contributed by atoms with E-state index in [1.165, 1.54) is 18.4 Å². The van der Waals surface area contributed by atoms with E-state index < -0.39 is 12.0 Å². The second kappa shape index (κ2) is 9.95. The Labute approximate surface area is 212 Å². The molecule has 5 rings (SSSR count). The number of methoxy groups -OCH3 is 1. The fourth-order valence-electron chi connectivity index (χ4n) is 4.65. The number of thiazole rings is 1. The minimum absolute atomic E-state index is 0.209. The monoisotopic (exact) mass is 498 g/mol. The summed E-state index contributed by atoms with van der Waals surface area (Å²) in [5, 5.41) is 2.06. The Hall–Kier alpha value is -3.97. The van der Waals surface area contributed by atoms with Gasteiger partial charge in [0, 0.05) is 5.56 Å². The molecular formula is C29H26N2O4S. The molecule has 0 bridgehead atoms. The van der Waals surface area contributed by atoms with Crippen molar-refractivity contribution in [1.29, 1.82) is 0 Å². The summed E-state index contributed by atoms with van der Waals surface area (Å²) < 4.78 is 13.2. The van der Waals surface area contributed by atoms with Gasteiger partial charge in [-0.3, -0.25) is 9.36 Å². The largest absolute Gasteiger partial charge is 0.493 e. The van der Waals surface area contributed by atoms with Crippen molar-refractivity contribution >= 4 is 34.2 Å². The van der Waals surface area contributed by atoms with Gasteiger partial charge < -0.3 is 9.47 Å². The summed E-state index contributed by atoms with van der Waals surface area (Å²) in [4.78, 5) is 32.2. The SMILES string of the molecule is CCOc1ccc2ccccc2c1/C=c1\sc2n(c1=O)[C@H](c1ccccc1)C(C(=O)OC)=C(CC)N=2. The number of carbonyl (C=O) groups is 1. The number of esters is 1. The highest BCUT2D eigenvalue weighted by atomic mass is 32.1. The van der Waals surface area contributed by atoms with Gasteiger partial charge in [-0.1, -0.05) is 78.9 Å². The number of allylic oxidation sites excluding steroid dienone is 1. The van der Waals surface area contributed by atoms with Crippen LogP contribution in [0.3, 0.4) is 0 Å². The molecule has 1 aromatic heterocycles. The molecule has 0 amide bonds. The molecule has 0 saturated carbocycles. The van der Waals surface area contributed by atoms with Crippen LogP contribution >= 0.6 is 11.3 Å². The van der Waals surface area contributed by atoms with E-state index in [0.29, 0.717) is 39.4 Å². The van der Waals surface area contributed by atoms with Crippen LogP contribution in [0.4, 0.5) is 0 Å². The normalized spacial score (nSPS) is 15.5. The van der Waals surface area contributed by atoms with Crippen LogP contribution in [0.5, 0.6) is 5.75 Å². The Kier molecular flexibility index (Phi) is 6.57. The predicted molar refractivity (Wildman–Crippen MR) is 142 cm³/mol. The highest BCUT2D eigenvalue weighted by Crippen LogP contribution is 2.32. The standard InChI is InChI=1S/C29H26N2O4S/c1-4-22-25(28(33)34-3)26(19-12-7-6-8-13-19)31-27(32)24(36-29(31)30-22)17-21-20-14-10-9-11-18(20)15-16-23(21)35-5-2/h6-17,26H,4-5H2,1-3H3/b24-17-/t26-/m1/s1. The van der Waals surface area contributed by atoms with Crippen molar-refractivity contribution in [3.63, 3.8) is 0 Å². The molecule has 36 heavy (non-hydrogen) atoms. The van der Waals surface area contributed by atoms with Gasteiger partial charge in [-0.05, 0) is 41.8 Å². The lowest BCUT2D eigenvalue weighted by Crippen LogP contribution is -2.40. The van der Waals surface area contributed by atoms with E-state index in [1.54, 1.807) is 4.57 Å². The zero-order valence-electron chi connectivity index (χ0n) is 20.4. The van der Waals surface area contributed by atoms with Crippen molar-refractivity contribution in [3.8, 4) is 5.75 Å². The zero-order chi connectivity index (χ0) is 25.2. The van der Waals surface area contributed by atoms with Gasteiger partial charge in [0.1, 0.15) is 5.75 Å². The van der Waals surface area contributed by atoms with Crippen molar-refractivity contribution in [2.24, 2.45) is 4.99 Å². The van der Waals surface area contributed by atoms with Gasteiger partial charge >= 0.3 is 5.97 Å². The summed E-state index contributed by atoms with van der Waals surface area (Å²) in [6, 6.07) is 20.9. The second-order valence-corrected chi connectivity index (χ2v) is 9.34. The lowest BCUT2D eigenvalue weighted by Gasteiger charge is -2.25. The van der Waals surface area contributed by atoms with Gasteiger partial charge in [0.05, 0.1) is 35.6 Å². The van der Waals surface area contributed by atoms with E-state index in [-0.39, 0.29) is 5.56 Å². The van der Waals surface area contributed by atoms with Crippen LogP contribution in [0.15, 0.2) is 87.8 Å². The van der Waals surface area contributed by atoms with Crippen LogP contribution in [0.1, 0.15) is 37.4 Å². The minimum Gasteiger partial charge on any atom is -0.493 e. The van der Waals surface area contributed by atoms with Crippen molar-refractivity contribution in [1.82, 2.24) is 4.57 Å². The minimum atomic E-state index is -0.620. The summed E-state index contributed by atoms with van der Waals surface area (Å²) in [7, 11) is 1.35. The fourth-order valence-corrected chi connectivity index (χ4v) is 5.65. The molecular weight excluding hydrogens is 472 g/mol. The first-order valence-corrected chi connectivity index (χ1v) is 12.7. The molecule has 2 heterocycles. The van der Waals surface area contributed by atoms with Gasteiger partial charge in [0.25, 0.3) is 5.56 Å². The Morgan fingerprint density at radius 3 is 2.53 bits per heavy atom. The molecule has 0 aliphatic carbocycles.